The van der Waals surface area contributed by atoms with E-state index >= 15 is 0 Å². The van der Waals surface area contributed by atoms with Crippen LogP contribution in [-0.2, 0) is 0 Å². The van der Waals surface area contributed by atoms with Crippen molar-refractivity contribution in [1.29, 1.82) is 0 Å². The molecule has 1 heterocycles. The van der Waals surface area contributed by atoms with Gasteiger partial charge in [-0.3, -0.25) is 4.79 Å². The van der Waals surface area contributed by atoms with Crippen LogP contribution in [0.15, 0.2) is 51.9 Å². The van der Waals surface area contributed by atoms with Crippen LogP contribution in [0.3, 0.4) is 0 Å². The van der Waals surface area contributed by atoms with Gasteiger partial charge in [0.25, 0.3) is 0 Å². The molecule has 0 atom stereocenters. The Labute approximate surface area is 126 Å². The van der Waals surface area contributed by atoms with Crippen molar-refractivity contribution in [3.63, 3.8) is 0 Å². The second-order valence-electron chi connectivity index (χ2n) is 4.70. The Hall–Kier alpha value is -2.95. The zero-order chi connectivity index (χ0) is 15.7. The van der Waals surface area contributed by atoms with E-state index in [2.05, 4.69) is 0 Å². The summed E-state index contributed by atoms with van der Waals surface area (Å²) < 4.78 is 16.1. The van der Waals surface area contributed by atoms with Crippen molar-refractivity contribution in [3.8, 4) is 28.4 Å². The SMILES string of the molecule is COc1cccc(OC)c1-c1coc2cc(O)ccc2c1=O. The zero-order valence-corrected chi connectivity index (χ0v) is 12.1. The molecule has 3 rings (SSSR count). The molecule has 0 saturated carbocycles. The van der Waals surface area contributed by atoms with Gasteiger partial charge in [0.05, 0.1) is 30.7 Å². The highest BCUT2D eigenvalue weighted by molar-refractivity contribution is 5.85. The van der Waals surface area contributed by atoms with Gasteiger partial charge in [-0.25, -0.2) is 0 Å². The van der Waals surface area contributed by atoms with E-state index in [9.17, 15) is 9.90 Å². The molecule has 0 unspecified atom stereocenters. The number of aromatic hydroxyl groups is 1. The predicted molar refractivity (Wildman–Crippen MR) is 82.7 cm³/mol. The van der Waals surface area contributed by atoms with Gasteiger partial charge in [0.2, 0.25) is 5.43 Å². The van der Waals surface area contributed by atoms with Crippen molar-refractivity contribution in [1.82, 2.24) is 0 Å². The van der Waals surface area contributed by atoms with Crippen molar-refractivity contribution in [2.75, 3.05) is 14.2 Å². The summed E-state index contributed by atoms with van der Waals surface area (Å²) in [5, 5.41) is 9.85. The molecule has 5 nitrogen and oxygen atoms in total. The van der Waals surface area contributed by atoms with Crippen molar-refractivity contribution in [3.05, 3.63) is 52.9 Å². The smallest absolute Gasteiger partial charge is 0.200 e. The van der Waals surface area contributed by atoms with E-state index in [4.69, 9.17) is 13.9 Å². The molecule has 0 aliphatic carbocycles. The number of hydrogen-bond acceptors (Lipinski definition) is 5. The fourth-order valence-electron chi connectivity index (χ4n) is 2.41. The fourth-order valence-corrected chi connectivity index (χ4v) is 2.41. The van der Waals surface area contributed by atoms with Gasteiger partial charge in [-0.05, 0) is 24.3 Å². The number of benzene rings is 2. The molecule has 0 fully saturated rings. The van der Waals surface area contributed by atoms with Crippen LogP contribution < -0.4 is 14.9 Å². The molecule has 3 aromatic rings. The summed E-state index contributed by atoms with van der Waals surface area (Å²) in [7, 11) is 3.05. The fraction of sp³-hybridized carbons (Fsp3) is 0.118. The molecule has 5 heteroatoms. The van der Waals surface area contributed by atoms with E-state index in [0.717, 1.165) is 0 Å². The van der Waals surface area contributed by atoms with Crippen molar-refractivity contribution < 1.29 is 19.0 Å². The number of methoxy groups -OCH3 is 2. The van der Waals surface area contributed by atoms with Crippen LogP contribution in [-0.4, -0.2) is 19.3 Å². The Morgan fingerprint density at radius 2 is 1.73 bits per heavy atom. The minimum Gasteiger partial charge on any atom is -0.508 e. The highest BCUT2D eigenvalue weighted by Gasteiger charge is 2.18. The standard InChI is InChI=1S/C17H14O5/c1-20-13-4-3-5-14(21-2)16(13)12-9-22-15-8-10(18)6-7-11(15)17(12)19/h3-9,18H,1-2H3. The molecular weight excluding hydrogens is 284 g/mol. The summed E-state index contributed by atoms with van der Waals surface area (Å²) in [5.41, 5.74) is 0.982. The molecule has 1 N–H and O–H groups in total. The van der Waals surface area contributed by atoms with Crippen LogP contribution in [0.25, 0.3) is 22.1 Å². The van der Waals surface area contributed by atoms with Gasteiger partial charge >= 0.3 is 0 Å². The predicted octanol–water partition coefficient (Wildman–Crippen LogP) is 3.18. The van der Waals surface area contributed by atoms with E-state index in [1.54, 1.807) is 18.2 Å². The summed E-state index contributed by atoms with van der Waals surface area (Å²) in [4.78, 5) is 12.7. The molecule has 0 saturated heterocycles. The molecule has 0 spiro atoms. The number of ether oxygens (including phenoxy) is 2. The van der Waals surface area contributed by atoms with Crippen LogP contribution in [0.1, 0.15) is 0 Å². The second kappa shape index (κ2) is 5.44. The maximum atomic E-state index is 12.7. The van der Waals surface area contributed by atoms with Crippen LogP contribution in [0.4, 0.5) is 0 Å². The largest absolute Gasteiger partial charge is 0.508 e. The molecule has 2 aromatic carbocycles. The Bertz CT molecular complexity index is 873. The van der Waals surface area contributed by atoms with Gasteiger partial charge in [-0.15, -0.1) is 0 Å². The molecular formula is C17H14O5. The van der Waals surface area contributed by atoms with Crippen molar-refractivity contribution >= 4 is 11.0 Å². The highest BCUT2D eigenvalue weighted by atomic mass is 16.5. The van der Waals surface area contributed by atoms with Gasteiger partial charge in [0.15, 0.2) is 0 Å². The first-order chi connectivity index (χ1) is 10.7. The quantitative estimate of drug-likeness (QED) is 0.804. The van der Waals surface area contributed by atoms with Crippen molar-refractivity contribution in [2.24, 2.45) is 0 Å². The molecule has 0 aliphatic rings. The second-order valence-corrected chi connectivity index (χ2v) is 4.70. The van der Waals surface area contributed by atoms with Gasteiger partial charge in [-0.1, -0.05) is 6.07 Å². The molecule has 0 radical (unpaired) electrons. The van der Waals surface area contributed by atoms with Crippen LogP contribution >= 0.6 is 0 Å². The van der Waals surface area contributed by atoms with Gasteiger partial charge in [0.1, 0.15) is 29.1 Å². The van der Waals surface area contributed by atoms with Gasteiger partial charge in [0, 0.05) is 6.07 Å². The van der Waals surface area contributed by atoms with Gasteiger partial charge < -0.3 is 19.0 Å². The van der Waals surface area contributed by atoms with E-state index in [-0.39, 0.29) is 11.2 Å². The minimum atomic E-state index is -0.218. The Morgan fingerprint density at radius 1 is 1.05 bits per heavy atom. The van der Waals surface area contributed by atoms with E-state index in [1.165, 1.54) is 38.7 Å². The summed E-state index contributed by atoms with van der Waals surface area (Å²) in [5.74, 6) is 1.08. The molecule has 1 aromatic heterocycles. The maximum Gasteiger partial charge on any atom is 0.200 e. The summed E-state index contributed by atoms with van der Waals surface area (Å²) >= 11 is 0. The number of rotatable bonds is 3. The third kappa shape index (κ3) is 2.16. The zero-order valence-electron chi connectivity index (χ0n) is 12.1. The van der Waals surface area contributed by atoms with Gasteiger partial charge in [-0.2, -0.15) is 0 Å². The number of hydrogen-bond donors (Lipinski definition) is 1. The summed E-state index contributed by atoms with van der Waals surface area (Å²) in [6.45, 7) is 0. The average molecular weight is 298 g/mol. The van der Waals surface area contributed by atoms with Crippen LogP contribution in [0.5, 0.6) is 17.2 Å². The minimum absolute atomic E-state index is 0.0401. The van der Waals surface area contributed by atoms with Crippen LogP contribution in [0, 0.1) is 0 Å². The molecule has 0 bridgehead atoms. The maximum absolute atomic E-state index is 12.7. The summed E-state index contributed by atoms with van der Waals surface area (Å²) in [6.07, 6.45) is 1.35. The Kier molecular flexibility index (Phi) is 3.47. The monoisotopic (exact) mass is 298 g/mol. The lowest BCUT2D eigenvalue weighted by Gasteiger charge is -2.12. The Balaban J connectivity index is 2.34. The van der Waals surface area contributed by atoms with Crippen molar-refractivity contribution in [2.45, 2.75) is 0 Å². The first kappa shape index (κ1) is 14.0. The molecule has 0 aliphatic heterocycles. The summed E-state index contributed by atoms with van der Waals surface area (Å²) in [6, 6.07) is 9.66. The first-order valence-corrected chi connectivity index (χ1v) is 6.61. The Morgan fingerprint density at radius 3 is 2.36 bits per heavy atom. The van der Waals surface area contributed by atoms with E-state index < -0.39 is 0 Å². The lowest BCUT2D eigenvalue weighted by molar-refractivity contribution is 0.397. The van der Waals surface area contributed by atoms with Crippen LogP contribution in [0.2, 0.25) is 0 Å². The van der Waals surface area contributed by atoms with E-state index in [1.807, 2.05) is 0 Å². The normalized spacial score (nSPS) is 10.6. The first-order valence-electron chi connectivity index (χ1n) is 6.61. The third-order valence-electron chi connectivity index (χ3n) is 3.46. The molecule has 0 amide bonds. The molecule has 112 valence electrons. The van der Waals surface area contributed by atoms with E-state index in [0.29, 0.717) is 33.6 Å². The topological polar surface area (TPSA) is 68.9 Å². The average Bonchev–Trinajstić information content (AvgIpc) is 2.54. The highest BCUT2D eigenvalue weighted by Crippen LogP contribution is 2.37. The molecule has 22 heavy (non-hydrogen) atoms. The number of phenolic OH excluding ortho intramolecular Hbond substituents is 1. The number of fused-ring (bicyclic) bond motifs is 1. The lowest BCUT2D eigenvalue weighted by atomic mass is 10.0. The number of phenols is 1. The third-order valence-corrected chi connectivity index (χ3v) is 3.46. The lowest BCUT2D eigenvalue weighted by Crippen LogP contribution is -2.06.